The molecule has 1 saturated heterocycles. The molecule has 144 valence electrons. The van der Waals surface area contributed by atoms with Gasteiger partial charge in [-0.1, -0.05) is 36.4 Å². The largest absolute Gasteiger partial charge is 0.396 e. The van der Waals surface area contributed by atoms with Crippen LogP contribution in [0.3, 0.4) is 0 Å². The first-order valence-corrected chi connectivity index (χ1v) is 9.45. The van der Waals surface area contributed by atoms with Crippen LogP contribution in [0.25, 0.3) is 10.9 Å². The predicted molar refractivity (Wildman–Crippen MR) is 107 cm³/mol. The maximum absolute atomic E-state index is 12.8. The van der Waals surface area contributed by atoms with Crippen molar-refractivity contribution in [3.8, 4) is 0 Å². The van der Waals surface area contributed by atoms with E-state index in [4.69, 9.17) is 0 Å². The number of H-pyrrole nitrogens is 1. The van der Waals surface area contributed by atoms with Gasteiger partial charge in [-0.3, -0.25) is 9.59 Å². The van der Waals surface area contributed by atoms with E-state index < -0.39 is 0 Å². The second kappa shape index (κ2) is 7.86. The predicted octanol–water partition coefficient (Wildman–Crippen LogP) is 1.96. The smallest absolute Gasteiger partial charge is 0.251 e. The summed E-state index contributed by atoms with van der Waals surface area (Å²) in [6.07, 6.45) is 2.17. The molecule has 0 radical (unpaired) electrons. The van der Waals surface area contributed by atoms with Crippen LogP contribution in [0.1, 0.15) is 15.9 Å². The highest BCUT2D eigenvalue weighted by atomic mass is 16.3. The molecule has 28 heavy (non-hydrogen) atoms. The van der Waals surface area contributed by atoms with Crippen molar-refractivity contribution in [2.75, 3.05) is 19.7 Å². The number of aromatic amines is 1. The number of nitrogens with one attached hydrogen (secondary N) is 2. The summed E-state index contributed by atoms with van der Waals surface area (Å²) in [5.41, 5.74) is 2.54. The fraction of sp³-hybridized carbons (Fsp3) is 0.273. The van der Waals surface area contributed by atoms with Crippen molar-refractivity contribution in [2.45, 2.75) is 12.5 Å². The van der Waals surface area contributed by atoms with Crippen molar-refractivity contribution in [3.63, 3.8) is 0 Å². The Morgan fingerprint density at radius 3 is 2.61 bits per heavy atom. The molecule has 2 amide bonds. The number of benzene rings is 2. The number of hydrogen-bond acceptors (Lipinski definition) is 3. The molecule has 0 spiro atoms. The number of para-hydroxylation sites is 1. The van der Waals surface area contributed by atoms with Crippen LogP contribution in [0.15, 0.2) is 60.8 Å². The van der Waals surface area contributed by atoms with E-state index in [1.165, 1.54) is 0 Å². The molecule has 1 aliphatic heterocycles. The topological polar surface area (TPSA) is 85.4 Å². The zero-order valence-corrected chi connectivity index (χ0v) is 15.5. The number of amides is 2. The number of likely N-dealkylation sites (tertiary alicyclic amines) is 1. The Balaban J connectivity index is 1.43. The van der Waals surface area contributed by atoms with Gasteiger partial charge in [0.1, 0.15) is 0 Å². The van der Waals surface area contributed by atoms with E-state index in [9.17, 15) is 14.7 Å². The van der Waals surface area contributed by atoms with Crippen LogP contribution in [0, 0.1) is 5.92 Å². The number of carbonyl (C=O) groups excluding carboxylic acids is 2. The van der Waals surface area contributed by atoms with Gasteiger partial charge >= 0.3 is 0 Å². The van der Waals surface area contributed by atoms with Gasteiger partial charge in [-0.25, -0.2) is 0 Å². The molecule has 6 heteroatoms. The number of hydrogen-bond donors (Lipinski definition) is 3. The van der Waals surface area contributed by atoms with Crippen LogP contribution in [-0.4, -0.2) is 52.5 Å². The van der Waals surface area contributed by atoms with Crippen LogP contribution < -0.4 is 5.32 Å². The van der Waals surface area contributed by atoms with Crippen molar-refractivity contribution < 1.29 is 14.7 Å². The average Bonchev–Trinajstić information content (AvgIpc) is 3.33. The Morgan fingerprint density at radius 2 is 1.82 bits per heavy atom. The third-order valence-electron chi connectivity index (χ3n) is 5.40. The van der Waals surface area contributed by atoms with Gasteiger partial charge in [-0.2, -0.15) is 0 Å². The van der Waals surface area contributed by atoms with Gasteiger partial charge in [0, 0.05) is 48.3 Å². The Kier molecular flexibility index (Phi) is 5.12. The van der Waals surface area contributed by atoms with Crippen LogP contribution >= 0.6 is 0 Å². The highest BCUT2D eigenvalue weighted by Crippen LogP contribution is 2.22. The van der Waals surface area contributed by atoms with Gasteiger partial charge in [-0.05, 0) is 23.8 Å². The molecule has 0 saturated carbocycles. The van der Waals surface area contributed by atoms with E-state index >= 15 is 0 Å². The molecule has 2 aromatic carbocycles. The van der Waals surface area contributed by atoms with E-state index in [2.05, 4.69) is 10.3 Å². The number of rotatable bonds is 5. The number of carbonyl (C=O) groups is 2. The van der Waals surface area contributed by atoms with Crippen molar-refractivity contribution in [1.29, 1.82) is 0 Å². The maximum Gasteiger partial charge on any atom is 0.251 e. The van der Waals surface area contributed by atoms with E-state index in [0.29, 0.717) is 25.1 Å². The summed E-state index contributed by atoms with van der Waals surface area (Å²) >= 11 is 0. The van der Waals surface area contributed by atoms with Crippen LogP contribution in [0.5, 0.6) is 0 Å². The summed E-state index contributed by atoms with van der Waals surface area (Å²) in [7, 11) is 0. The lowest BCUT2D eigenvalue weighted by Gasteiger charge is -2.18. The second-order valence-corrected chi connectivity index (χ2v) is 7.22. The third-order valence-corrected chi connectivity index (χ3v) is 5.40. The fourth-order valence-electron chi connectivity index (χ4n) is 3.82. The average molecular weight is 377 g/mol. The Bertz CT molecular complexity index is 983. The Morgan fingerprint density at radius 1 is 1.07 bits per heavy atom. The van der Waals surface area contributed by atoms with Gasteiger partial charge in [0.2, 0.25) is 5.91 Å². The van der Waals surface area contributed by atoms with Gasteiger partial charge in [0.05, 0.1) is 12.5 Å². The number of aliphatic hydroxyl groups is 1. The Hall–Kier alpha value is -3.12. The van der Waals surface area contributed by atoms with Crippen LogP contribution in [0.4, 0.5) is 0 Å². The van der Waals surface area contributed by atoms with Gasteiger partial charge in [0.25, 0.3) is 5.91 Å². The van der Waals surface area contributed by atoms with Crippen molar-refractivity contribution in [1.82, 2.24) is 15.2 Å². The highest BCUT2D eigenvalue weighted by Gasteiger charge is 2.35. The van der Waals surface area contributed by atoms with E-state index in [1.807, 2.05) is 48.7 Å². The molecule has 0 bridgehead atoms. The van der Waals surface area contributed by atoms with Gasteiger partial charge in [0.15, 0.2) is 0 Å². The minimum atomic E-state index is -0.260. The summed E-state index contributed by atoms with van der Waals surface area (Å²) in [6.45, 7) is 0.777. The number of aliphatic hydroxyl groups excluding tert-OH is 1. The zero-order chi connectivity index (χ0) is 19.5. The molecule has 1 fully saturated rings. The van der Waals surface area contributed by atoms with Crippen LogP contribution in [0.2, 0.25) is 0 Å². The number of aromatic nitrogens is 1. The van der Waals surface area contributed by atoms with Gasteiger partial charge < -0.3 is 20.3 Å². The SMILES string of the molecule is O=C(N[C@@H]1CN(C(=O)Cc2c[nH]c3ccccc23)C[C@H]1CO)c1ccccc1. The standard InChI is InChI=1S/C22H23N3O3/c26-14-17-12-25(13-20(17)24-22(28)15-6-2-1-3-7-15)21(27)10-16-11-23-19-9-5-4-8-18(16)19/h1-9,11,17,20,23,26H,10,12-14H2,(H,24,28)/t17-,20+/m0/s1. The molecule has 1 aromatic heterocycles. The van der Waals surface area contributed by atoms with E-state index in [1.54, 1.807) is 17.0 Å². The number of nitrogens with zero attached hydrogens (tertiary/aromatic N) is 1. The molecule has 1 aliphatic rings. The van der Waals surface area contributed by atoms with E-state index in [0.717, 1.165) is 16.5 Å². The molecule has 2 atom stereocenters. The summed E-state index contributed by atoms with van der Waals surface area (Å²) in [5.74, 6) is -0.353. The lowest BCUT2D eigenvalue weighted by Crippen LogP contribution is -2.42. The molecular weight excluding hydrogens is 354 g/mol. The zero-order valence-electron chi connectivity index (χ0n) is 15.5. The van der Waals surface area contributed by atoms with Gasteiger partial charge in [-0.15, -0.1) is 0 Å². The van der Waals surface area contributed by atoms with E-state index in [-0.39, 0.29) is 30.4 Å². The first-order chi connectivity index (χ1) is 13.7. The minimum Gasteiger partial charge on any atom is -0.396 e. The lowest BCUT2D eigenvalue weighted by molar-refractivity contribution is -0.129. The van der Waals surface area contributed by atoms with Crippen molar-refractivity contribution >= 4 is 22.7 Å². The third kappa shape index (κ3) is 3.64. The molecule has 6 nitrogen and oxygen atoms in total. The van der Waals surface area contributed by atoms with Crippen molar-refractivity contribution in [3.05, 3.63) is 71.9 Å². The fourth-order valence-corrected chi connectivity index (χ4v) is 3.82. The summed E-state index contributed by atoms with van der Waals surface area (Å²) < 4.78 is 0. The summed E-state index contributed by atoms with van der Waals surface area (Å²) in [6, 6.07) is 16.6. The summed E-state index contributed by atoms with van der Waals surface area (Å²) in [5, 5.41) is 13.7. The van der Waals surface area contributed by atoms with Crippen molar-refractivity contribution in [2.24, 2.45) is 5.92 Å². The lowest BCUT2D eigenvalue weighted by atomic mass is 10.0. The molecular formula is C22H23N3O3. The van der Waals surface area contributed by atoms with Crippen LogP contribution in [-0.2, 0) is 11.2 Å². The molecule has 4 rings (SSSR count). The normalized spacial score (nSPS) is 19.1. The first kappa shape index (κ1) is 18.3. The molecule has 3 N–H and O–H groups in total. The molecule has 0 aliphatic carbocycles. The summed E-state index contributed by atoms with van der Waals surface area (Å²) in [4.78, 5) is 30.2. The quantitative estimate of drug-likeness (QED) is 0.635. The first-order valence-electron chi connectivity index (χ1n) is 9.45. The monoisotopic (exact) mass is 377 g/mol. The Labute approximate surface area is 163 Å². The number of fused-ring (bicyclic) bond motifs is 1. The highest BCUT2D eigenvalue weighted by molar-refractivity contribution is 5.94. The maximum atomic E-state index is 12.8. The molecule has 2 heterocycles. The molecule has 3 aromatic rings. The second-order valence-electron chi connectivity index (χ2n) is 7.22. The minimum absolute atomic E-state index is 0.000312. The molecule has 0 unspecified atom stereocenters.